The van der Waals surface area contributed by atoms with Gasteiger partial charge in [-0.1, -0.05) is 54.1 Å². The number of nitrogens with zero attached hydrogens (tertiary/aromatic N) is 1. The Morgan fingerprint density at radius 3 is 2.47 bits per heavy atom. The number of methoxy groups -OCH3 is 2. The standard InChI is InChI=1S/C28H22ClNO6/c1-34-22-14-23(35-2)21(29)13-20(22)26(31)24-25(19-11-5-8-16-7-3-4-10-18(16)19)30(28(33)27(24)32)15-17-9-6-12-36-17/h3-14,25,31H,15H2,1-2H3/b26-24+. The molecule has 0 spiro atoms. The highest BCUT2D eigenvalue weighted by atomic mass is 35.5. The lowest BCUT2D eigenvalue weighted by atomic mass is 9.91. The van der Waals surface area contributed by atoms with Crippen LogP contribution >= 0.6 is 11.6 Å². The van der Waals surface area contributed by atoms with Gasteiger partial charge >= 0.3 is 0 Å². The molecule has 8 heteroatoms. The van der Waals surface area contributed by atoms with Crippen LogP contribution in [0.15, 0.2) is 83.0 Å². The summed E-state index contributed by atoms with van der Waals surface area (Å²) in [4.78, 5) is 28.2. The van der Waals surface area contributed by atoms with Crippen molar-refractivity contribution in [2.45, 2.75) is 12.6 Å². The Morgan fingerprint density at radius 1 is 1.00 bits per heavy atom. The number of fused-ring (bicyclic) bond motifs is 1. The molecule has 1 N–H and O–H groups in total. The number of Topliss-reactive ketones (excluding diaryl/α,β-unsaturated/α-hetero) is 1. The topological polar surface area (TPSA) is 89.2 Å². The SMILES string of the molecule is COc1cc(OC)c(/C(O)=C2\C(=O)C(=O)N(Cc3ccco3)C2c2cccc3ccccc23)cc1Cl. The number of aliphatic hydroxyl groups excluding tert-OH is 1. The first-order valence-corrected chi connectivity index (χ1v) is 11.5. The average Bonchev–Trinajstić information content (AvgIpc) is 3.50. The molecule has 1 fully saturated rings. The predicted octanol–water partition coefficient (Wildman–Crippen LogP) is 5.73. The van der Waals surface area contributed by atoms with Gasteiger partial charge in [0.25, 0.3) is 11.7 Å². The largest absolute Gasteiger partial charge is 0.507 e. The minimum Gasteiger partial charge on any atom is -0.507 e. The first kappa shape index (κ1) is 23.5. The second-order valence-corrected chi connectivity index (χ2v) is 8.67. The molecule has 1 saturated heterocycles. The molecule has 0 bridgehead atoms. The van der Waals surface area contributed by atoms with Gasteiger partial charge in [0, 0.05) is 6.07 Å². The van der Waals surface area contributed by atoms with E-state index in [0.29, 0.717) is 17.1 Å². The second kappa shape index (κ2) is 9.43. The summed E-state index contributed by atoms with van der Waals surface area (Å²) in [7, 11) is 2.89. The van der Waals surface area contributed by atoms with Gasteiger partial charge in [-0.3, -0.25) is 9.59 Å². The normalized spacial score (nSPS) is 17.1. The number of ketones is 1. The number of halogens is 1. The minimum absolute atomic E-state index is 0.0444. The van der Waals surface area contributed by atoms with Crippen LogP contribution in [0.2, 0.25) is 5.02 Å². The maximum atomic E-state index is 13.4. The number of amides is 1. The summed E-state index contributed by atoms with van der Waals surface area (Å²) < 4.78 is 16.2. The smallest absolute Gasteiger partial charge is 0.296 e. The van der Waals surface area contributed by atoms with E-state index in [2.05, 4.69) is 0 Å². The number of furan rings is 1. The van der Waals surface area contributed by atoms with Gasteiger partial charge in [-0.25, -0.2) is 0 Å². The van der Waals surface area contributed by atoms with Crippen LogP contribution in [-0.4, -0.2) is 35.9 Å². The van der Waals surface area contributed by atoms with Gasteiger partial charge in [-0.2, -0.15) is 0 Å². The molecule has 2 heterocycles. The summed E-state index contributed by atoms with van der Waals surface area (Å²) in [5.74, 6) is -0.867. The summed E-state index contributed by atoms with van der Waals surface area (Å²) in [6.07, 6.45) is 1.50. The van der Waals surface area contributed by atoms with Gasteiger partial charge in [0.1, 0.15) is 23.0 Å². The van der Waals surface area contributed by atoms with Crippen LogP contribution in [0.4, 0.5) is 0 Å². The minimum atomic E-state index is -0.883. The molecule has 0 radical (unpaired) electrons. The molecule has 0 saturated carbocycles. The zero-order valence-corrected chi connectivity index (χ0v) is 20.3. The molecule has 3 aromatic carbocycles. The number of carbonyl (C=O) groups is 2. The fourth-order valence-corrected chi connectivity index (χ4v) is 4.86. The second-order valence-electron chi connectivity index (χ2n) is 8.26. The van der Waals surface area contributed by atoms with E-state index in [0.717, 1.165) is 10.8 Å². The Bertz CT molecular complexity index is 1500. The van der Waals surface area contributed by atoms with Crippen molar-refractivity contribution in [2.24, 2.45) is 0 Å². The molecular weight excluding hydrogens is 482 g/mol. The highest BCUT2D eigenvalue weighted by molar-refractivity contribution is 6.46. The monoisotopic (exact) mass is 503 g/mol. The Labute approximate surface area is 212 Å². The zero-order chi connectivity index (χ0) is 25.4. The van der Waals surface area contributed by atoms with Gasteiger partial charge in [-0.15, -0.1) is 0 Å². The molecular formula is C28H22ClNO6. The van der Waals surface area contributed by atoms with Gasteiger partial charge in [0.15, 0.2) is 0 Å². The van der Waals surface area contributed by atoms with Crippen LogP contribution in [0, 0.1) is 0 Å². The number of hydrogen-bond donors (Lipinski definition) is 1. The molecule has 7 nitrogen and oxygen atoms in total. The van der Waals surface area contributed by atoms with E-state index in [1.807, 2.05) is 42.5 Å². The molecule has 1 amide bonds. The fraction of sp³-hybridized carbons (Fsp3) is 0.143. The quantitative estimate of drug-likeness (QED) is 0.205. The maximum absolute atomic E-state index is 13.4. The van der Waals surface area contributed by atoms with E-state index in [4.69, 9.17) is 25.5 Å². The van der Waals surface area contributed by atoms with Crippen molar-refractivity contribution in [3.63, 3.8) is 0 Å². The molecule has 5 rings (SSSR count). The highest BCUT2D eigenvalue weighted by Gasteiger charge is 2.47. The Kier molecular flexibility index (Phi) is 6.16. The summed E-state index contributed by atoms with van der Waals surface area (Å²) in [6.45, 7) is 0.0444. The third kappa shape index (κ3) is 3.87. The lowest BCUT2D eigenvalue weighted by Crippen LogP contribution is -2.29. The van der Waals surface area contributed by atoms with Crippen LogP contribution in [0.5, 0.6) is 11.5 Å². The van der Waals surface area contributed by atoms with E-state index >= 15 is 0 Å². The third-order valence-electron chi connectivity index (χ3n) is 6.29. The van der Waals surface area contributed by atoms with Crippen molar-refractivity contribution in [3.8, 4) is 11.5 Å². The summed E-state index contributed by atoms with van der Waals surface area (Å²) >= 11 is 6.34. The summed E-state index contributed by atoms with van der Waals surface area (Å²) in [5, 5.41) is 13.5. The van der Waals surface area contributed by atoms with Crippen molar-refractivity contribution >= 4 is 39.8 Å². The van der Waals surface area contributed by atoms with Gasteiger partial charge in [0.05, 0.1) is 49.2 Å². The summed E-state index contributed by atoms with van der Waals surface area (Å²) in [6, 6.07) is 18.8. The highest BCUT2D eigenvalue weighted by Crippen LogP contribution is 2.45. The predicted molar refractivity (Wildman–Crippen MR) is 135 cm³/mol. The van der Waals surface area contributed by atoms with Crippen LogP contribution < -0.4 is 9.47 Å². The van der Waals surface area contributed by atoms with Gasteiger partial charge in [0.2, 0.25) is 0 Å². The van der Waals surface area contributed by atoms with Crippen molar-refractivity contribution in [3.05, 3.63) is 100 Å². The molecule has 1 aliphatic heterocycles. The summed E-state index contributed by atoms with van der Waals surface area (Å²) in [5.41, 5.74) is 0.797. The fourth-order valence-electron chi connectivity index (χ4n) is 4.62. The van der Waals surface area contributed by atoms with Crippen molar-refractivity contribution in [2.75, 3.05) is 14.2 Å². The Morgan fingerprint density at radius 2 is 1.75 bits per heavy atom. The van der Waals surface area contributed by atoms with E-state index in [-0.39, 0.29) is 28.5 Å². The van der Waals surface area contributed by atoms with Crippen molar-refractivity contribution in [1.82, 2.24) is 4.90 Å². The van der Waals surface area contributed by atoms with E-state index < -0.39 is 23.5 Å². The molecule has 1 aromatic heterocycles. The van der Waals surface area contributed by atoms with Crippen molar-refractivity contribution in [1.29, 1.82) is 0 Å². The number of benzene rings is 3. The molecule has 1 atom stereocenters. The number of rotatable bonds is 6. The molecule has 4 aromatic rings. The maximum Gasteiger partial charge on any atom is 0.296 e. The van der Waals surface area contributed by atoms with Gasteiger partial charge < -0.3 is 23.9 Å². The molecule has 0 aliphatic carbocycles. The molecule has 182 valence electrons. The number of carbonyl (C=O) groups excluding carboxylic acids is 2. The first-order valence-electron chi connectivity index (χ1n) is 11.1. The van der Waals surface area contributed by atoms with E-state index in [1.165, 1.54) is 37.5 Å². The third-order valence-corrected chi connectivity index (χ3v) is 6.59. The van der Waals surface area contributed by atoms with Gasteiger partial charge in [-0.05, 0) is 34.5 Å². The number of hydrogen-bond acceptors (Lipinski definition) is 6. The first-order chi connectivity index (χ1) is 17.4. The zero-order valence-electron chi connectivity index (χ0n) is 19.5. The van der Waals surface area contributed by atoms with Crippen LogP contribution in [-0.2, 0) is 16.1 Å². The molecule has 1 unspecified atom stereocenters. The number of aliphatic hydroxyl groups is 1. The van der Waals surface area contributed by atoms with Crippen LogP contribution in [0.1, 0.15) is 22.9 Å². The van der Waals surface area contributed by atoms with Crippen LogP contribution in [0.25, 0.3) is 16.5 Å². The van der Waals surface area contributed by atoms with Crippen LogP contribution in [0.3, 0.4) is 0 Å². The Balaban J connectivity index is 1.77. The lowest BCUT2D eigenvalue weighted by molar-refractivity contribution is -0.140. The molecule has 36 heavy (non-hydrogen) atoms. The van der Waals surface area contributed by atoms with Crippen molar-refractivity contribution < 1.29 is 28.6 Å². The lowest BCUT2D eigenvalue weighted by Gasteiger charge is -2.26. The average molecular weight is 504 g/mol. The number of ether oxygens (including phenoxy) is 2. The molecule has 1 aliphatic rings. The number of likely N-dealkylation sites (tertiary alicyclic amines) is 1. The van der Waals surface area contributed by atoms with E-state index in [1.54, 1.807) is 12.1 Å². The van der Waals surface area contributed by atoms with E-state index in [9.17, 15) is 14.7 Å². The Hall–Kier alpha value is -4.23.